The number of halogens is 2. The number of carbonyl (C=O) groups excluding carboxylic acids is 1. The van der Waals surface area contributed by atoms with Gasteiger partial charge in [0.1, 0.15) is 12.4 Å². The van der Waals surface area contributed by atoms with E-state index in [4.69, 9.17) is 11.6 Å². The average Bonchev–Trinajstić information content (AvgIpc) is 2.48. The third-order valence-electron chi connectivity index (χ3n) is 3.64. The Hall–Kier alpha value is -1.91. The Morgan fingerprint density at radius 1 is 1.27 bits per heavy atom. The molecule has 0 aliphatic heterocycles. The first-order valence-corrected chi connectivity index (χ1v) is 7.47. The molecular formula is C17H19ClFN2O+. The van der Waals surface area contributed by atoms with Crippen molar-refractivity contribution in [1.29, 1.82) is 0 Å². The van der Waals surface area contributed by atoms with Crippen LogP contribution < -0.4 is 10.2 Å². The van der Waals surface area contributed by atoms with Gasteiger partial charge in [-0.05, 0) is 31.2 Å². The standard InChI is InChI=1S/C17H18ClFN2O/c1-12(17(22)20-16-9-4-3-8-15(16)19)21(2)11-13-6-5-7-14(18)10-13/h3-10,12H,11H2,1-2H3,(H,20,22)/p+1/t12-/m0/s1. The second-order valence-corrected chi connectivity index (χ2v) is 5.78. The van der Waals surface area contributed by atoms with Crippen molar-refractivity contribution in [3.05, 3.63) is 64.9 Å². The van der Waals surface area contributed by atoms with Gasteiger partial charge in [-0.2, -0.15) is 0 Å². The van der Waals surface area contributed by atoms with Crippen molar-refractivity contribution in [2.75, 3.05) is 12.4 Å². The zero-order valence-corrected chi connectivity index (χ0v) is 13.3. The molecular weight excluding hydrogens is 303 g/mol. The number of quaternary nitrogens is 1. The molecule has 2 aromatic rings. The second kappa shape index (κ2) is 7.38. The van der Waals surface area contributed by atoms with E-state index in [-0.39, 0.29) is 17.6 Å². The number of rotatable bonds is 5. The number of amides is 1. The van der Waals surface area contributed by atoms with Crippen LogP contribution >= 0.6 is 11.6 Å². The van der Waals surface area contributed by atoms with E-state index >= 15 is 0 Å². The SMILES string of the molecule is C[C@@H](C(=O)Nc1ccccc1F)[NH+](C)Cc1cccc(Cl)c1. The van der Waals surface area contributed by atoms with Crippen LogP contribution in [0.2, 0.25) is 5.02 Å². The zero-order valence-electron chi connectivity index (χ0n) is 12.6. The predicted molar refractivity (Wildman–Crippen MR) is 86.5 cm³/mol. The van der Waals surface area contributed by atoms with Gasteiger partial charge in [0.25, 0.3) is 5.91 Å². The van der Waals surface area contributed by atoms with Crippen LogP contribution in [-0.2, 0) is 11.3 Å². The molecule has 0 aliphatic carbocycles. The minimum atomic E-state index is -0.435. The highest BCUT2D eigenvalue weighted by Gasteiger charge is 2.22. The molecule has 2 N–H and O–H groups in total. The summed E-state index contributed by atoms with van der Waals surface area (Å²) in [5.74, 6) is -0.653. The van der Waals surface area contributed by atoms with Gasteiger partial charge in [-0.15, -0.1) is 0 Å². The van der Waals surface area contributed by atoms with Crippen molar-refractivity contribution >= 4 is 23.2 Å². The Bertz CT molecular complexity index is 663. The van der Waals surface area contributed by atoms with Gasteiger partial charge < -0.3 is 10.2 Å². The second-order valence-electron chi connectivity index (χ2n) is 5.34. The maximum Gasteiger partial charge on any atom is 0.282 e. The van der Waals surface area contributed by atoms with E-state index in [0.717, 1.165) is 10.5 Å². The molecule has 2 atom stereocenters. The van der Waals surface area contributed by atoms with Crippen LogP contribution in [0.3, 0.4) is 0 Å². The Balaban J connectivity index is 1.99. The molecule has 0 saturated carbocycles. The van der Waals surface area contributed by atoms with Crippen LogP contribution in [0.4, 0.5) is 10.1 Å². The Morgan fingerprint density at radius 2 is 2.00 bits per heavy atom. The number of nitrogens with one attached hydrogen (secondary N) is 2. The van der Waals surface area contributed by atoms with Gasteiger partial charge in [0.15, 0.2) is 6.04 Å². The van der Waals surface area contributed by atoms with Crippen LogP contribution in [-0.4, -0.2) is 19.0 Å². The van der Waals surface area contributed by atoms with E-state index in [9.17, 15) is 9.18 Å². The van der Waals surface area contributed by atoms with Crippen molar-refractivity contribution in [2.45, 2.75) is 19.5 Å². The molecule has 0 spiro atoms. The molecule has 1 amide bonds. The molecule has 0 bridgehead atoms. The van der Waals surface area contributed by atoms with E-state index in [1.54, 1.807) is 18.2 Å². The molecule has 1 unspecified atom stereocenters. The number of carbonyl (C=O) groups is 1. The number of benzene rings is 2. The first-order valence-electron chi connectivity index (χ1n) is 7.09. The molecule has 0 fully saturated rings. The minimum Gasteiger partial charge on any atom is -0.324 e. The van der Waals surface area contributed by atoms with Gasteiger partial charge in [0.2, 0.25) is 0 Å². The first-order chi connectivity index (χ1) is 10.5. The van der Waals surface area contributed by atoms with Crippen molar-refractivity contribution in [3.63, 3.8) is 0 Å². The number of likely N-dealkylation sites (N-methyl/N-ethyl adjacent to an activating group) is 1. The van der Waals surface area contributed by atoms with Gasteiger partial charge >= 0.3 is 0 Å². The first kappa shape index (κ1) is 16.5. The number of anilines is 1. The fourth-order valence-corrected chi connectivity index (χ4v) is 2.36. The van der Waals surface area contributed by atoms with Gasteiger partial charge in [-0.3, -0.25) is 4.79 Å². The van der Waals surface area contributed by atoms with Crippen LogP contribution in [0, 0.1) is 5.82 Å². The molecule has 0 radical (unpaired) electrons. The molecule has 0 heterocycles. The molecule has 0 aliphatic rings. The lowest BCUT2D eigenvalue weighted by Gasteiger charge is -2.21. The monoisotopic (exact) mass is 321 g/mol. The van der Waals surface area contributed by atoms with E-state index in [0.29, 0.717) is 11.6 Å². The molecule has 116 valence electrons. The fourth-order valence-electron chi connectivity index (χ4n) is 2.15. The normalized spacial score (nSPS) is 13.5. The van der Waals surface area contributed by atoms with Crippen molar-refractivity contribution in [1.82, 2.24) is 0 Å². The van der Waals surface area contributed by atoms with Crippen molar-refractivity contribution in [2.24, 2.45) is 0 Å². The lowest BCUT2D eigenvalue weighted by Crippen LogP contribution is -3.12. The molecule has 3 nitrogen and oxygen atoms in total. The molecule has 22 heavy (non-hydrogen) atoms. The summed E-state index contributed by atoms with van der Waals surface area (Å²) in [4.78, 5) is 13.2. The van der Waals surface area contributed by atoms with E-state index in [1.807, 2.05) is 38.2 Å². The van der Waals surface area contributed by atoms with Gasteiger partial charge in [0, 0.05) is 10.6 Å². The highest BCUT2D eigenvalue weighted by molar-refractivity contribution is 6.30. The third kappa shape index (κ3) is 4.29. The molecule has 2 aromatic carbocycles. The van der Waals surface area contributed by atoms with Crippen molar-refractivity contribution < 1.29 is 14.1 Å². The summed E-state index contributed by atoms with van der Waals surface area (Å²) in [5.41, 5.74) is 1.26. The van der Waals surface area contributed by atoms with Crippen LogP contribution in [0.15, 0.2) is 48.5 Å². The summed E-state index contributed by atoms with van der Waals surface area (Å²) in [6, 6.07) is 13.4. The maximum absolute atomic E-state index is 13.6. The quantitative estimate of drug-likeness (QED) is 0.872. The smallest absolute Gasteiger partial charge is 0.282 e. The Morgan fingerprint density at radius 3 is 2.68 bits per heavy atom. The number of hydrogen-bond donors (Lipinski definition) is 2. The molecule has 2 rings (SSSR count). The minimum absolute atomic E-state index is 0.204. The highest BCUT2D eigenvalue weighted by Crippen LogP contribution is 2.12. The molecule has 0 aromatic heterocycles. The summed E-state index contributed by atoms with van der Waals surface area (Å²) < 4.78 is 13.6. The molecule has 5 heteroatoms. The number of hydrogen-bond acceptors (Lipinski definition) is 1. The Labute approximate surface area is 134 Å². The lowest BCUT2D eigenvalue weighted by molar-refractivity contribution is -0.907. The highest BCUT2D eigenvalue weighted by atomic mass is 35.5. The summed E-state index contributed by atoms with van der Waals surface area (Å²) in [7, 11) is 1.92. The van der Waals surface area contributed by atoms with E-state index in [1.165, 1.54) is 6.07 Å². The summed E-state index contributed by atoms with van der Waals surface area (Å²) in [6.07, 6.45) is 0. The summed E-state index contributed by atoms with van der Waals surface area (Å²) >= 11 is 5.96. The van der Waals surface area contributed by atoms with Crippen molar-refractivity contribution in [3.8, 4) is 0 Å². The molecule has 0 saturated heterocycles. The fraction of sp³-hybridized carbons (Fsp3) is 0.235. The van der Waals surface area contributed by atoms with Gasteiger partial charge in [-0.1, -0.05) is 35.9 Å². The maximum atomic E-state index is 13.6. The van der Waals surface area contributed by atoms with Crippen LogP contribution in [0.25, 0.3) is 0 Å². The lowest BCUT2D eigenvalue weighted by atomic mass is 10.2. The Kier molecular flexibility index (Phi) is 5.52. The van der Waals surface area contributed by atoms with Crippen LogP contribution in [0.1, 0.15) is 12.5 Å². The number of para-hydroxylation sites is 1. The van der Waals surface area contributed by atoms with Gasteiger partial charge in [0.05, 0.1) is 12.7 Å². The van der Waals surface area contributed by atoms with Gasteiger partial charge in [-0.25, -0.2) is 4.39 Å². The topological polar surface area (TPSA) is 33.5 Å². The largest absolute Gasteiger partial charge is 0.324 e. The average molecular weight is 322 g/mol. The zero-order chi connectivity index (χ0) is 16.1. The third-order valence-corrected chi connectivity index (χ3v) is 3.87. The predicted octanol–water partition coefficient (Wildman–Crippen LogP) is 2.52. The summed E-state index contributed by atoms with van der Waals surface area (Å²) in [5, 5.41) is 3.30. The van der Waals surface area contributed by atoms with E-state index in [2.05, 4.69) is 5.32 Å². The van der Waals surface area contributed by atoms with E-state index < -0.39 is 5.82 Å². The summed E-state index contributed by atoms with van der Waals surface area (Å²) in [6.45, 7) is 2.47. The van der Waals surface area contributed by atoms with Crippen LogP contribution in [0.5, 0.6) is 0 Å².